The molecule has 1 aliphatic heterocycles. The van der Waals surface area contributed by atoms with Crippen LogP contribution in [-0.4, -0.2) is 83.1 Å². The molecule has 0 radical (unpaired) electrons. The first kappa shape index (κ1) is 29.1. The second-order valence-electron chi connectivity index (χ2n) is 9.08. The third-order valence-corrected chi connectivity index (χ3v) is 6.34. The summed E-state index contributed by atoms with van der Waals surface area (Å²) in [6, 6.07) is 14.0. The topological polar surface area (TPSA) is 184 Å². The van der Waals surface area contributed by atoms with E-state index < -0.39 is 17.9 Å². The first-order chi connectivity index (χ1) is 18.8. The molecular formula is C27H33N5O7. The first-order valence-electron chi connectivity index (χ1n) is 12.6. The number of carboxylic acid groups (broad SMARTS) is 1. The molecule has 0 aromatic heterocycles. The van der Waals surface area contributed by atoms with Crippen molar-refractivity contribution in [2.75, 3.05) is 26.2 Å². The minimum absolute atomic E-state index is 0.0942. The van der Waals surface area contributed by atoms with Gasteiger partial charge in [-0.2, -0.15) is 0 Å². The number of hydrogen-bond donors (Lipinski definition) is 5. The van der Waals surface area contributed by atoms with E-state index in [1.165, 1.54) is 24.3 Å². The number of ether oxygens (including phenoxy) is 1. The van der Waals surface area contributed by atoms with E-state index in [0.717, 1.165) is 0 Å². The van der Waals surface area contributed by atoms with E-state index in [9.17, 15) is 19.2 Å². The van der Waals surface area contributed by atoms with Gasteiger partial charge in [0.2, 0.25) is 5.91 Å². The summed E-state index contributed by atoms with van der Waals surface area (Å²) in [5.41, 5.74) is 6.83. The fraction of sp³-hybridized carbons (Fsp3) is 0.370. The van der Waals surface area contributed by atoms with Crippen LogP contribution in [0.5, 0.6) is 0 Å². The molecule has 0 saturated carbocycles. The molecule has 1 saturated heterocycles. The predicted molar refractivity (Wildman–Crippen MR) is 141 cm³/mol. The third-order valence-electron chi connectivity index (χ3n) is 6.34. The van der Waals surface area contributed by atoms with Crippen LogP contribution in [-0.2, 0) is 14.3 Å². The Morgan fingerprint density at radius 3 is 2.21 bits per heavy atom. The summed E-state index contributed by atoms with van der Waals surface area (Å²) in [7, 11) is 0. The molecule has 12 heteroatoms. The molecule has 2 aromatic rings. The quantitative estimate of drug-likeness (QED) is 0.0875. The van der Waals surface area contributed by atoms with Crippen LogP contribution in [0.25, 0.3) is 0 Å². The zero-order chi connectivity index (χ0) is 28.2. The summed E-state index contributed by atoms with van der Waals surface area (Å²) >= 11 is 0. The van der Waals surface area contributed by atoms with Gasteiger partial charge in [-0.05, 0) is 49.9 Å². The van der Waals surface area contributed by atoms with Crippen LogP contribution < -0.4 is 16.4 Å². The molecule has 208 valence electrons. The summed E-state index contributed by atoms with van der Waals surface area (Å²) in [5, 5.41) is 26.2. The summed E-state index contributed by atoms with van der Waals surface area (Å²) in [6.45, 7) is 0.664. The highest BCUT2D eigenvalue weighted by Gasteiger charge is 2.30. The zero-order valence-corrected chi connectivity index (χ0v) is 21.4. The number of nitrogens with two attached hydrogens (primary N) is 1. The number of oxime groups is 1. The number of carboxylic acids is 1. The number of piperidine rings is 1. The van der Waals surface area contributed by atoms with E-state index in [4.69, 9.17) is 20.8 Å². The third kappa shape index (κ3) is 8.82. The largest absolute Gasteiger partial charge is 0.480 e. The lowest BCUT2D eigenvalue weighted by atomic mass is 10.0. The Balaban J connectivity index is 1.62. The van der Waals surface area contributed by atoms with Gasteiger partial charge in [-0.15, -0.1) is 0 Å². The molecule has 2 aromatic carbocycles. The van der Waals surface area contributed by atoms with E-state index in [1.807, 2.05) is 6.07 Å². The number of carbonyl (C=O) groups excluding carboxylic acids is 3. The maximum atomic E-state index is 13.4. The Morgan fingerprint density at radius 1 is 0.974 bits per heavy atom. The van der Waals surface area contributed by atoms with Gasteiger partial charge in [0.15, 0.2) is 5.84 Å². The molecule has 12 nitrogen and oxygen atoms in total. The fourth-order valence-corrected chi connectivity index (χ4v) is 4.20. The maximum Gasteiger partial charge on any atom is 0.329 e. The van der Waals surface area contributed by atoms with Crippen LogP contribution in [0.15, 0.2) is 59.8 Å². The number of amides is 3. The van der Waals surface area contributed by atoms with E-state index >= 15 is 0 Å². The number of hydrogen-bond acceptors (Lipinski definition) is 7. The summed E-state index contributed by atoms with van der Waals surface area (Å²) in [6.07, 6.45) is 1.46. The number of nitrogens with one attached hydrogen (secondary N) is 2. The maximum absolute atomic E-state index is 13.4. The van der Waals surface area contributed by atoms with Gasteiger partial charge in [0.1, 0.15) is 12.6 Å². The average Bonchev–Trinajstić information content (AvgIpc) is 2.97. The molecule has 0 aliphatic carbocycles. The number of likely N-dealkylation sites (tertiary alicyclic amines) is 1. The van der Waals surface area contributed by atoms with Crippen LogP contribution in [0.4, 0.5) is 0 Å². The van der Waals surface area contributed by atoms with Crippen LogP contribution in [0.1, 0.15) is 52.0 Å². The van der Waals surface area contributed by atoms with Crippen molar-refractivity contribution < 1.29 is 34.2 Å². The van der Waals surface area contributed by atoms with Crippen LogP contribution in [0.2, 0.25) is 0 Å². The van der Waals surface area contributed by atoms with Crippen LogP contribution in [0.3, 0.4) is 0 Å². The van der Waals surface area contributed by atoms with Crippen LogP contribution in [0, 0.1) is 0 Å². The Hall–Kier alpha value is -4.45. The lowest BCUT2D eigenvalue weighted by Gasteiger charge is -2.34. The van der Waals surface area contributed by atoms with Crippen LogP contribution >= 0.6 is 0 Å². The minimum atomic E-state index is -1.05. The number of rotatable bonds is 12. The van der Waals surface area contributed by atoms with Crippen molar-refractivity contribution in [1.29, 1.82) is 0 Å². The molecule has 1 heterocycles. The molecule has 39 heavy (non-hydrogen) atoms. The van der Waals surface area contributed by atoms with Crippen molar-refractivity contribution in [2.24, 2.45) is 10.9 Å². The Labute approximate surface area is 225 Å². The molecular weight excluding hydrogens is 506 g/mol. The van der Waals surface area contributed by atoms with Gasteiger partial charge in [-0.25, -0.2) is 4.79 Å². The molecule has 3 amide bonds. The highest BCUT2D eigenvalue weighted by Crippen LogP contribution is 2.16. The SMILES string of the molecule is N/C(=N\O)c1ccc(C(=O)NC(CCCNC(=O)c2ccccc2)C(=O)N2CCC(OCC(=O)O)CC2)cc1. The Kier molecular flexibility index (Phi) is 10.8. The Bertz CT molecular complexity index is 1160. The molecule has 1 aliphatic rings. The molecule has 0 bridgehead atoms. The average molecular weight is 540 g/mol. The second kappa shape index (κ2) is 14.5. The summed E-state index contributed by atoms with van der Waals surface area (Å²) in [5.74, 6) is -2.09. The van der Waals surface area contributed by atoms with E-state index in [-0.39, 0.29) is 36.8 Å². The number of carbonyl (C=O) groups is 4. The van der Waals surface area contributed by atoms with Crippen molar-refractivity contribution >= 4 is 29.5 Å². The van der Waals surface area contributed by atoms with Gasteiger partial charge in [0.25, 0.3) is 11.8 Å². The number of amidine groups is 1. The first-order valence-corrected chi connectivity index (χ1v) is 12.6. The van der Waals surface area contributed by atoms with Crippen molar-refractivity contribution in [3.63, 3.8) is 0 Å². The molecule has 1 atom stereocenters. The second-order valence-corrected chi connectivity index (χ2v) is 9.08. The highest BCUT2D eigenvalue weighted by molar-refractivity contribution is 6.00. The number of nitrogens with zero attached hydrogens (tertiary/aromatic N) is 2. The van der Waals surface area contributed by atoms with E-state index in [0.29, 0.717) is 55.6 Å². The summed E-state index contributed by atoms with van der Waals surface area (Å²) < 4.78 is 5.35. The van der Waals surface area contributed by atoms with Crippen molar-refractivity contribution in [2.45, 2.75) is 37.8 Å². The molecule has 1 fully saturated rings. The molecule has 6 N–H and O–H groups in total. The van der Waals surface area contributed by atoms with Gasteiger partial charge in [-0.1, -0.05) is 35.5 Å². The lowest BCUT2D eigenvalue weighted by molar-refractivity contribution is -0.147. The van der Waals surface area contributed by atoms with Gasteiger partial charge in [-0.3, -0.25) is 14.4 Å². The predicted octanol–water partition coefficient (Wildman–Crippen LogP) is 1.18. The van der Waals surface area contributed by atoms with E-state index in [1.54, 1.807) is 29.2 Å². The number of aliphatic carboxylic acids is 1. The lowest BCUT2D eigenvalue weighted by Crippen LogP contribution is -2.51. The van der Waals surface area contributed by atoms with Gasteiger partial charge < -0.3 is 36.3 Å². The van der Waals surface area contributed by atoms with Crippen molar-refractivity contribution in [3.05, 3.63) is 71.3 Å². The monoisotopic (exact) mass is 539 g/mol. The zero-order valence-electron chi connectivity index (χ0n) is 21.4. The minimum Gasteiger partial charge on any atom is -0.480 e. The van der Waals surface area contributed by atoms with Crippen molar-refractivity contribution in [3.8, 4) is 0 Å². The van der Waals surface area contributed by atoms with Crippen molar-refractivity contribution in [1.82, 2.24) is 15.5 Å². The van der Waals surface area contributed by atoms with Gasteiger partial charge in [0, 0.05) is 36.3 Å². The Morgan fingerprint density at radius 2 is 1.59 bits per heavy atom. The molecule has 0 spiro atoms. The highest BCUT2D eigenvalue weighted by atomic mass is 16.5. The van der Waals surface area contributed by atoms with E-state index in [2.05, 4.69) is 15.8 Å². The standard InChI is InChI=1S/C27H33N5O7/c28-24(31-38)18-8-10-20(11-9-18)26(36)30-22(7-4-14-29-25(35)19-5-2-1-3-6-19)27(37)32-15-12-21(13-16-32)39-17-23(33)34/h1-3,5-6,8-11,21-22,38H,4,7,12-17H2,(H2,28,31)(H,29,35)(H,30,36)(H,33,34). The van der Waals surface area contributed by atoms with Gasteiger partial charge >= 0.3 is 5.97 Å². The summed E-state index contributed by atoms with van der Waals surface area (Å²) in [4.78, 5) is 51.1. The number of benzene rings is 2. The fourth-order valence-electron chi connectivity index (χ4n) is 4.20. The smallest absolute Gasteiger partial charge is 0.329 e. The van der Waals surface area contributed by atoms with Gasteiger partial charge in [0.05, 0.1) is 6.10 Å². The molecule has 3 rings (SSSR count). The molecule has 1 unspecified atom stereocenters. The normalized spacial score (nSPS) is 14.9.